The molecule has 22 heavy (non-hydrogen) atoms. The van der Waals surface area contributed by atoms with Crippen LogP contribution in [0.15, 0.2) is 12.1 Å². The summed E-state index contributed by atoms with van der Waals surface area (Å²) in [7, 11) is 0. The molecule has 0 bridgehead atoms. The summed E-state index contributed by atoms with van der Waals surface area (Å²) in [5, 5.41) is 9.72. The van der Waals surface area contributed by atoms with Crippen molar-refractivity contribution in [3.05, 3.63) is 34.9 Å². The first kappa shape index (κ1) is 19.7. The van der Waals surface area contributed by atoms with E-state index < -0.39 is 17.4 Å². The van der Waals surface area contributed by atoms with Crippen LogP contribution in [0.1, 0.15) is 45.7 Å². The number of phenols is 1. The minimum atomic E-state index is -1.11. The Labute approximate surface area is 131 Å². The maximum absolute atomic E-state index is 13.9. The van der Waals surface area contributed by atoms with Crippen LogP contribution < -0.4 is 5.73 Å². The fourth-order valence-electron chi connectivity index (χ4n) is 2.06. The number of terminal acetylenes is 1. The molecule has 0 unspecified atom stereocenters. The molecule has 0 spiro atoms. The molecule has 4 heteroatoms. The van der Waals surface area contributed by atoms with Gasteiger partial charge in [0, 0.05) is 16.5 Å². The molecule has 0 saturated carbocycles. The Balaban J connectivity index is 0.00000102. The summed E-state index contributed by atoms with van der Waals surface area (Å²) in [5.74, 6) is -1.06. The van der Waals surface area contributed by atoms with Gasteiger partial charge in [0.05, 0.1) is 5.56 Å². The number of nitrogens with two attached hydrogens (primary N) is 1. The number of hydrogen-bond donors (Lipinski definition) is 2. The summed E-state index contributed by atoms with van der Waals surface area (Å²) in [6, 6.07) is 2.96. The van der Waals surface area contributed by atoms with E-state index in [4.69, 9.17) is 12.2 Å². The van der Waals surface area contributed by atoms with Crippen LogP contribution in [0.4, 0.5) is 14.5 Å². The van der Waals surface area contributed by atoms with Gasteiger partial charge in [-0.3, -0.25) is 0 Å². The van der Waals surface area contributed by atoms with Crippen LogP contribution in [0.5, 0.6) is 5.75 Å². The van der Waals surface area contributed by atoms with Gasteiger partial charge < -0.3 is 10.8 Å². The minimum Gasteiger partial charge on any atom is -0.503 e. The Kier molecular flexibility index (Phi) is 7.96. The summed E-state index contributed by atoms with van der Waals surface area (Å²) in [6.45, 7) is 9.83. The average molecular weight is 307 g/mol. The zero-order valence-electron chi connectivity index (χ0n) is 13.7. The van der Waals surface area contributed by atoms with Gasteiger partial charge in [-0.15, -0.1) is 6.42 Å². The Morgan fingerprint density at radius 3 is 2.14 bits per heavy atom. The third-order valence-corrected chi connectivity index (χ3v) is 2.89. The maximum Gasteiger partial charge on any atom is 0.189 e. The highest BCUT2D eigenvalue weighted by atomic mass is 19.1. The Morgan fingerprint density at radius 1 is 1.14 bits per heavy atom. The molecule has 0 heterocycles. The molecule has 2 rings (SSSR count). The van der Waals surface area contributed by atoms with Crippen LogP contribution in [0.3, 0.4) is 0 Å². The third kappa shape index (κ3) is 3.48. The molecule has 0 aliphatic heterocycles. The fraction of sp³-hybridized carbons (Fsp3) is 0.333. The number of aromatic hydroxyl groups is 1. The van der Waals surface area contributed by atoms with Crippen LogP contribution in [0.2, 0.25) is 0 Å². The van der Waals surface area contributed by atoms with E-state index in [0.717, 1.165) is 0 Å². The first-order valence-corrected chi connectivity index (χ1v) is 7.39. The van der Waals surface area contributed by atoms with E-state index in [-0.39, 0.29) is 10.9 Å². The van der Waals surface area contributed by atoms with Gasteiger partial charge in [-0.1, -0.05) is 40.5 Å². The molecule has 0 atom stereocenters. The topological polar surface area (TPSA) is 46.2 Å². The molecule has 120 valence electrons. The lowest BCUT2D eigenvalue weighted by atomic mass is 9.96. The molecule has 0 aliphatic rings. The molecule has 0 radical (unpaired) electrons. The summed E-state index contributed by atoms with van der Waals surface area (Å²) in [4.78, 5) is 0. The minimum absolute atomic E-state index is 0.0405. The second-order valence-corrected chi connectivity index (χ2v) is 3.95. The molecule has 0 fully saturated rings. The Morgan fingerprint density at radius 2 is 1.68 bits per heavy atom. The lowest BCUT2D eigenvalue weighted by Crippen LogP contribution is -1.98. The lowest BCUT2D eigenvalue weighted by molar-refractivity contribution is 0.399. The number of anilines is 1. The third-order valence-electron chi connectivity index (χ3n) is 2.89. The number of phenolic OH excluding ortho intramolecular Hbond substituents is 1. The van der Waals surface area contributed by atoms with Crippen LogP contribution in [0.25, 0.3) is 10.8 Å². The molecule has 0 saturated heterocycles. The summed E-state index contributed by atoms with van der Waals surface area (Å²) >= 11 is 0. The second kappa shape index (κ2) is 8.89. The van der Waals surface area contributed by atoms with Gasteiger partial charge in [0.1, 0.15) is 0 Å². The van der Waals surface area contributed by atoms with Gasteiger partial charge in [0.2, 0.25) is 0 Å². The van der Waals surface area contributed by atoms with Crippen molar-refractivity contribution >= 4 is 16.5 Å². The van der Waals surface area contributed by atoms with E-state index in [0.29, 0.717) is 23.1 Å². The van der Waals surface area contributed by atoms with Crippen LogP contribution >= 0.6 is 0 Å². The van der Waals surface area contributed by atoms with Crippen LogP contribution in [-0.2, 0) is 6.42 Å². The highest BCUT2D eigenvalue weighted by Gasteiger charge is 2.20. The van der Waals surface area contributed by atoms with E-state index in [1.807, 2.05) is 34.6 Å². The predicted octanol–water partition coefficient (Wildman–Crippen LogP) is 5.00. The van der Waals surface area contributed by atoms with Gasteiger partial charge in [0.15, 0.2) is 17.4 Å². The molecule has 2 aromatic rings. The molecule has 2 aromatic carbocycles. The SMILES string of the molecule is C#Cc1c(F)c(O)c(F)c2cc(N)cc(CC)c12.CC.CC. The molecule has 3 N–H and O–H groups in total. The van der Waals surface area contributed by atoms with Crippen molar-refractivity contribution in [2.24, 2.45) is 0 Å². The van der Waals surface area contributed by atoms with Gasteiger partial charge in [-0.05, 0) is 24.1 Å². The van der Waals surface area contributed by atoms with Gasteiger partial charge in [-0.25, -0.2) is 8.78 Å². The summed E-state index contributed by atoms with van der Waals surface area (Å²) in [6.07, 6.45) is 5.77. The summed E-state index contributed by atoms with van der Waals surface area (Å²) in [5.41, 5.74) is 6.51. The molecular weight excluding hydrogens is 284 g/mol. The number of rotatable bonds is 1. The van der Waals surface area contributed by atoms with E-state index in [1.54, 1.807) is 6.07 Å². The Bertz CT molecular complexity index is 688. The van der Waals surface area contributed by atoms with E-state index in [2.05, 4.69) is 5.92 Å². The number of fused-ring (bicyclic) bond motifs is 1. The normalized spacial score (nSPS) is 9.18. The molecule has 0 amide bonds. The molecule has 0 aromatic heterocycles. The van der Waals surface area contributed by atoms with Gasteiger partial charge in [0.25, 0.3) is 0 Å². The van der Waals surface area contributed by atoms with Crippen molar-refractivity contribution < 1.29 is 13.9 Å². The molecular formula is C18H23F2NO. The fourth-order valence-corrected chi connectivity index (χ4v) is 2.06. The summed E-state index contributed by atoms with van der Waals surface area (Å²) < 4.78 is 27.6. The largest absolute Gasteiger partial charge is 0.503 e. The monoisotopic (exact) mass is 307 g/mol. The average Bonchev–Trinajstić information content (AvgIpc) is 2.57. The number of hydrogen-bond acceptors (Lipinski definition) is 2. The zero-order chi connectivity index (χ0) is 17.4. The zero-order valence-corrected chi connectivity index (χ0v) is 13.7. The highest BCUT2D eigenvalue weighted by Crippen LogP contribution is 2.35. The quantitative estimate of drug-likeness (QED) is 0.575. The second-order valence-electron chi connectivity index (χ2n) is 3.95. The number of benzene rings is 2. The number of nitrogen functional groups attached to an aromatic ring is 1. The van der Waals surface area contributed by atoms with E-state index in [1.165, 1.54) is 6.07 Å². The number of aryl methyl sites for hydroxylation is 1. The van der Waals surface area contributed by atoms with Crippen molar-refractivity contribution in [3.63, 3.8) is 0 Å². The van der Waals surface area contributed by atoms with Crippen LogP contribution in [0, 0.1) is 24.0 Å². The maximum atomic E-state index is 13.9. The highest BCUT2D eigenvalue weighted by molar-refractivity contribution is 5.95. The van der Waals surface area contributed by atoms with Crippen molar-refractivity contribution in [1.82, 2.24) is 0 Å². The van der Waals surface area contributed by atoms with Crippen LogP contribution in [-0.4, -0.2) is 5.11 Å². The smallest absolute Gasteiger partial charge is 0.189 e. The molecule has 2 nitrogen and oxygen atoms in total. The van der Waals surface area contributed by atoms with E-state index in [9.17, 15) is 13.9 Å². The van der Waals surface area contributed by atoms with Crippen molar-refractivity contribution in [1.29, 1.82) is 0 Å². The van der Waals surface area contributed by atoms with E-state index >= 15 is 0 Å². The van der Waals surface area contributed by atoms with Gasteiger partial charge in [-0.2, -0.15) is 0 Å². The standard InChI is InChI=1S/C14H11F2NO.2C2H6/c1-3-7-5-8(17)6-10-11(7)9(4-2)12(15)14(18)13(10)16;2*1-2/h2,5-6,18H,3,17H2,1H3;2*1-2H3. The Hall–Kier alpha value is -2.28. The van der Waals surface area contributed by atoms with Crippen molar-refractivity contribution in [2.75, 3.05) is 5.73 Å². The van der Waals surface area contributed by atoms with Gasteiger partial charge >= 0.3 is 0 Å². The first-order valence-electron chi connectivity index (χ1n) is 7.39. The van der Waals surface area contributed by atoms with Crippen molar-refractivity contribution in [3.8, 4) is 18.1 Å². The van der Waals surface area contributed by atoms with Crippen molar-refractivity contribution in [2.45, 2.75) is 41.0 Å². The predicted molar refractivity (Wildman–Crippen MR) is 90.0 cm³/mol. The lowest BCUT2D eigenvalue weighted by Gasteiger charge is -2.12. The number of halogens is 2. The first-order chi connectivity index (χ1) is 10.5. The molecule has 0 aliphatic carbocycles.